The molecule has 0 amide bonds. The first kappa shape index (κ1) is 19.7. The van der Waals surface area contributed by atoms with Crippen molar-refractivity contribution in [2.45, 2.75) is 46.0 Å². The summed E-state index contributed by atoms with van der Waals surface area (Å²) >= 11 is 0. The molecule has 0 atom stereocenters. The van der Waals surface area contributed by atoms with Crippen LogP contribution in [-0.4, -0.2) is 14.5 Å². The van der Waals surface area contributed by atoms with Gasteiger partial charge in [0, 0.05) is 18.5 Å². The molecule has 5 nitrogen and oxygen atoms in total. The Labute approximate surface area is 164 Å². The summed E-state index contributed by atoms with van der Waals surface area (Å²) in [6.45, 7) is 7.94. The van der Waals surface area contributed by atoms with E-state index in [0.29, 0.717) is 22.6 Å². The standard InChI is InChI=1S/C23H26N2O3/c1-4-5-6-7-10-16(2)20(26)14-21-17(3)13-18(23(27)28-21)19-15-25-12-9-8-11-22(25)24-19/h8-9,11-15,26H,2,4-7,10H2,1,3H3/b20-14+. The highest BCUT2D eigenvalue weighted by molar-refractivity contribution is 5.64. The van der Waals surface area contributed by atoms with Gasteiger partial charge in [0.05, 0.1) is 11.3 Å². The molecule has 3 aromatic rings. The lowest BCUT2D eigenvalue weighted by molar-refractivity contribution is 0.419. The zero-order valence-electron chi connectivity index (χ0n) is 16.4. The molecule has 0 aliphatic heterocycles. The van der Waals surface area contributed by atoms with Crippen LogP contribution in [0.2, 0.25) is 0 Å². The van der Waals surface area contributed by atoms with Crippen LogP contribution in [0.5, 0.6) is 0 Å². The summed E-state index contributed by atoms with van der Waals surface area (Å²) in [7, 11) is 0. The molecule has 0 aliphatic carbocycles. The molecule has 0 radical (unpaired) electrons. The van der Waals surface area contributed by atoms with Crippen molar-refractivity contribution in [3.63, 3.8) is 0 Å². The first-order valence-electron chi connectivity index (χ1n) is 9.67. The minimum absolute atomic E-state index is 0.0585. The Kier molecular flexibility index (Phi) is 6.14. The maximum absolute atomic E-state index is 12.5. The number of fused-ring (bicyclic) bond motifs is 1. The summed E-state index contributed by atoms with van der Waals surface area (Å²) in [6, 6.07) is 7.42. The van der Waals surface area contributed by atoms with Crippen LogP contribution in [0, 0.1) is 6.92 Å². The molecular formula is C23H26N2O3. The fraction of sp³-hybridized carbons (Fsp3) is 0.304. The molecule has 146 valence electrons. The molecule has 3 aromatic heterocycles. The summed E-state index contributed by atoms with van der Waals surface area (Å²) in [6.07, 6.45) is 10.3. The van der Waals surface area contributed by atoms with Crippen molar-refractivity contribution >= 4 is 11.7 Å². The van der Waals surface area contributed by atoms with E-state index in [9.17, 15) is 9.90 Å². The highest BCUT2D eigenvalue weighted by atomic mass is 16.4. The van der Waals surface area contributed by atoms with Crippen LogP contribution in [0.3, 0.4) is 0 Å². The van der Waals surface area contributed by atoms with Crippen LogP contribution in [0.4, 0.5) is 0 Å². The normalized spacial score (nSPS) is 11.9. The van der Waals surface area contributed by atoms with Crippen molar-refractivity contribution in [2.75, 3.05) is 0 Å². The predicted octanol–water partition coefficient (Wildman–Crippen LogP) is 5.69. The van der Waals surface area contributed by atoms with Gasteiger partial charge in [0.15, 0.2) is 0 Å². The van der Waals surface area contributed by atoms with E-state index in [1.165, 1.54) is 12.5 Å². The molecule has 0 spiro atoms. The molecular weight excluding hydrogens is 352 g/mol. The fourth-order valence-corrected chi connectivity index (χ4v) is 3.09. The van der Waals surface area contributed by atoms with Crippen LogP contribution in [-0.2, 0) is 0 Å². The van der Waals surface area contributed by atoms with Crippen LogP contribution in [0.25, 0.3) is 23.0 Å². The van der Waals surface area contributed by atoms with Gasteiger partial charge in [0.1, 0.15) is 17.2 Å². The molecule has 28 heavy (non-hydrogen) atoms. The third-order valence-corrected chi connectivity index (χ3v) is 4.77. The number of aryl methyl sites for hydroxylation is 1. The molecule has 3 heterocycles. The van der Waals surface area contributed by atoms with Crippen molar-refractivity contribution < 1.29 is 9.52 Å². The zero-order chi connectivity index (χ0) is 20.1. The van der Waals surface area contributed by atoms with Gasteiger partial charge in [-0.1, -0.05) is 38.8 Å². The molecule has 0 aliphatic rings. The second-order valence-electron chi connectivity index (χ2n) is 7.03. The highest BCUT2D eigenvalue weighted by Crippen LogP contribution is 2.22. The Balaban J connectivity index is 1.83. The summed E-state index contributed by atoms with van der Waals surface area (Å²) in [5.74, 6) is 0.396. The van der Waals surface area contributed by atoms with Crippen molar-refractivity contribution in [2.24, 2.45) is 0 Å². The van der Waals surface area contributed by atoms with Gasteiger partial charge in [-0.2, -0.15) is 0 Å². The van der Waals surface area contributed by atoms with Crippen LogP contribution in [0.15, 0.2) is 63.8 Å². The minimum atomic E-state index is -0.485. The Morgan fingerprint density at radius 3 is 2.89 bits per heavy atom. The number of aromatic nitrogens is 2. The molecule has 0 unspecified atom stereocenters. The van der Waals surface area contributed by atoms with Gasteiger partial charge in [-0.25, -0.2) is 9.78 Å². The van der Waals surface area contributed by atoms with Crippen molar-refractivity contribution in [1.82, 2.24) is 9.38 Å². The monoisotopic (exact) mass is 378 g/mol. The number of nitrogens with zero attached hydrogens (tertiary/aromatic N) is 2. The maximum atomic E-state index is 12.5. The molecule has 0 aromatic carbocycles. The van der Waals surface area contributed by atoms with E-state index in [-0.39, 0.29) is 5.76 Å². The van der Waals surface area contributed by atoms with E-state index in [1.807, 2.05) is 35.7 Å². The van der Waals surface area contributed by atoms with Crippen LogP contribution in [0.1, 0.15) is 50.4 Å². The maximum Gasteiger partial charge on any atom is 0.345 e. The summed E-state index contributed by atoms with van der Waals surface area (Å²) in [5.41, 5.74) is 2.64. The number of allylic oxidation sites excluding steroid dienone is 1. The number of imidazole rings is 1. The van der Waals surface area contributed by atoms with E-state index in [0.717, 1.165) is 36.9 Å². The van der Waals surface area contributed by atoms with Gasteiger partial charge in [-0.15, -0.1) is 0 Å². The van der Waals surface area contributed by atoms with Crippen molar-refractivity contribution in [3.05, 3.63) is 76.3 Å². The number of pyridine rings is 1. The number of hydrogen-bond donors (Lipinski definition) is 1. The van der Waals surface area contributed by atoms with Gasteiger partial charge in [0.25, 0.3) is 0 Å². The number of aliphatic hydroxyl groups excluding tert-OH is 1. The topological polar surface area (TPSA) is 67.7 Å². The summed E-state index contributed by atoms with van der Waals surface area (Å²) < 4.78 is 7.32. The molecule has 1 N–H and O–H groups in total. The number of rotatable bonds is 8. The molecule has 0 fully saturated rings. The van der Waals surface area contributed by atoms with E-state index < -0.39 is 5.63 Å². The Morgan fingerprint density at radius 2 is 2.14 bits per heavy atom. The number of unbranched alkanes of at least 4 members (excludes halogenated alkanes) is 3. The largest absolute Gasteiger partial charge is 0.508 e. The predicted molar refractivity (Wildman–Crippen MR) is 112 cm³/mol. The van der Waals surface area contributed by atoms with E-state index in [1.54, 1.807) is 12.3 Å². The zero-order valence-corrected chi connectivity index (χ0v) is 16.4. The van der Waals surface area contributed by atoms with Gasteiger partial charge in [-0.05, 0) is 49.1 Å². The van der Waals surface area contributed by atoms with Gasteiger partial charge >= 0.3 is 5.63 Å². The quantitative estimate of drug-likeness (QED) is 0.311. The average molecular weight is 378 g/mol. The molecule has 3 rings (SSSR count). The lowest BCUT2D eigenvalue weighted by Crippen LogP contribution is -2.05. The second-order valence-corrected chi connectivity index (χ2v) is 7.03. The molecule has 0 bridgehead atoms. The van der Waals surface area contributed by atoms with Crippen LogP contribution < -0.4 is 5.63 Å². The summed E-state index contributed by atoms with van der Waals surface area (Å²) in [4.78, 5) is 17.0. The van der Waals surface area contributed by atoms with Gasteiger partial charge in [-0.3, -0.25) is 0 Å². The van der Waals surface area contributed by atoms with E-state index >= 15 is 0 Å². The number of aliphatic hydroxyl groups is 1. The van der Waals surface area contributed by atoms with E-state index in [2.05, 4.69) is 18.5 Å². The van der Waals surface area contributed by atoms with Gasteiger partial charge < -0.3 is 13.9 Å². The Morgan fingerprint density at radius 1 is 1.32 bits per heavy atom. The Hall–Kier alpha value is -3.08. The average Bonchev–Trinajstić information content (AvgIpc) is 3.11. The van der Waals surface area contributed by atoms with Crippen molar-refractivity contribution in [1.29, 1.82) is 0 Å². The minimum Gasteiger partial charge on any atom is -0.508 e. The second kappa shape index (κ2) is 8.74. The highest BCUT2D eigenvalue weighted by Gasteiger charge is 2.13. The third kappa shape index (κ3) is 4.42. The van der Waals surface area contributed by atoms with E-state index in [4.69, 9.17) is 4.42 Å². The lowest BCUT2D eigenvalue weighted by Gasteiger charge is -2.06. The van der Waals surface area contributed by atoms with Crippen molar-refractivity contribution in [3.8, 4) is 11.3 Å². The Bertz CT molecular complexity index is 1040. The third-order valence-electron chi connectivity index (χ3n) is 4.77. The lowest BCUT2D eigenvalue weighted by atomic mass is 10.0. The number of hydrogen-bond acceptors (Lipinski definition) is 4. The van der Waals surface area contributed by atoms with Crippen LogP contribution >= 0.6 is 0 Å². The fourth-order valence-electron chi connectivity index (χ4n) is 3.09. The SMILES string of the molecule is C=C(CCCCCC)/C(O)=C\c1oc(=O)c(-c2cn3ccccc3n2)cc1C. The first-order chi connectivity index (χ1) is 13.5. The van der Waals surface area contributed by atoms with Gasteiger partial charge in [0.2, 0.25) is 0 Å². The molecule has 5 heteroatoms. The first-order valence-corrected chi connectivity index (χ1v) is 9.67. The molecule has 0 saturated heterocycles. The smallest absolute Gasteiger partial charge is 0.345 e. The summed E-state index contributed by atoms with van der Waals surface area (Å²) in [5, 5.41) is 10.3. The molecule has 0 saturated carbocycles.